The number of thiophene rings is 1. The molecule has 2 aromatic heterocycles. The molecule has 3 heterocycles. The van der Waals surface area contributed by atoms with Gasteiger partial charge in [-0.15, -0.1) is 11.3 Å². The molecule has 1 aliphatic heterocycles. The van der Waals surface area contributed by atoms with Gasteiger partial charge in [0.15, 0.2) is 0 Å². The second kappa shape index (κ2) is 8.16. The molecule has 0 atom stereocenters. The zero-order chi connectivity index (χ0) is 20.4. The summed E-state index contributed by atoms with van der Waals surface area (Å²) in [5.41, 5.74) is 1.59. The van der Waals surface area contributed by atoms with E-state index in [-0.39, 0.29) is 36.8 Å². The third kappa shape index (κ3) is 4.07. The molecular weight excluding hydrogens is 388 g/mol. The summed E-state index contributed by atoms with van der Waals surface area (Å²) in [5, 5.41) is 10.3. The number of hydrogen-bond donors (Lipinski definition) is 1. The van der Waals surface area contributed by atoms with Crippen LogP contribution in [-0.2, 0) is 36.0 Å². The molecule has 1 aliphatic rings. The Hall–Kier alpha value is -3.00. The van der Waals surface area contributed by atoms with Crippen molar-refractivity contribution in [1.82, 2.24) is 20.0 Å². The first kappa shape index (κ1) is 19.3. The summed E-state index contributed by atoms with van der Waals surface area (Å²) in [7, 11) is 1.58. The molecule has 1 aromatic carbocycles. The maximum Gasteiger partial charge on any atom is 0.274 e. The van der Waals surface area contributed by atoms with Crippen molar-refractivity contribution in [3.05, 3.63) is 62.2 Å². The number of fused-ring (bicyclic) bond motifs is 2. The summed E-state index contributed by atoms with van der Waals surface area (Å²) in [6, 6.07) is 9.22. The molecule has 29 heavy (non-hydrogen) atoms. The largest absolute Gasteiger partial charge is 0.355 e. The van der Waals surface area contributed by atoms with E-state index in [1.54, 1.807) is 36.6 Å². The Morgan fingerprint density at radius 1 is 1.21 bits per heavy atom. The first-order valence-electron chi connectivity index (χ1n) is 9.57. The summed E-state index contributed by atoms with van der Waals surface area (Å²) < 4.78 is 1.25. The molecule has 0 bridgehead atoms. The molecule has 1 N–H and O–H groups in total. The Morgan fingerprint density at radius 3 is 2.83 bits per heavy atom. The van der Waals surface area contributed by atoms with Crippen molar-refractivity contribution in [2.75, 3.05) is 13.1 Å². The van der Waals surface area contributed by atoms with Gasteiger partial charge in [-0.3, -0.25) is 14.4 Å². The average Bonchev–Trinajstić information content (AvgIpc) is 3.19. The fraction of sp³-hybridized carbons (Fsp3) is 0.333. The van der Waals surface area contributed by atoms with E-state index in [0.717, 1.165) is 13.0 Å². The highest BCUT2D eigenvalue weighted by molar-refractivity contribution is 7.10. The lowest BCUT2D eigenvalue weighted by molar-refractivity contribution is -0.132. The number of carbonyl (C=O) groups is 2. The second-order valence-corrected chi connectivity index (χ2v) is 8.13. The smallest absolute Gasteiger partial charge is 0.274 e. The summed E-state index contributed by atoms with van der Waals surface area (Å²) in [4.78, 5) is 40.2. The lowest BCUT2D eigenvalue weighted by Crippen LogP contribution is -2.37. The van der Waals surface area contributed by atoms with Gasteiger partial charge in [-0.1, -0.05) is 18.2 Å². The number of amides is 2. The monoisotopic (exact) mass is 410 g/mol. The van der Waals surface area contributed by atoms with Crippen LogP contribution in [0.4, 0.5) is 0 Å². The minimum absolute atomic E-state index is 0.0489. The lowest BCUT2D eigenvalue weighted by atomic mass is 10.1. The van der Waals surface area contributed by atoms with E-state index in [2.05, 4.69) is 21.9 Å². The molecule has 150 valence electrons. The van der Waals surface area contributed by atoms with Crippen LogP contribution in [0.15, 0.2) is 40.5 Å². The number of benzene rings is 1. The molecule has 0 saturated heterocycles. The predicted molar refractivity (Wildman–Crippen MR) is 112 cm³/mol. The Morgan fingerprint density at radius 2 is 2.00 bits per heavy atom. The summed E-state index contributed by atoms with van der Waals surface area (Å²) in [6.07, 6.45) is 1.23. The highest BCUT2D eigenvalue weighted by Gasteiger charge is 2.21. The van der Waals surface area contributed by atoms with Gasteiger partial charge in [-0.2, -0.15) is 5.10 Å². The number of rotatable bonds is 5. The highest BCUT2D eigenvalue weighted by Crippen LogP contribution is 2.24. The Kier molecular flexibility index (Phi) is 5.44. The number of carbonyl (C=O) groups excluding carboxylic acids is 2. The maximum atomic E-state index is 12.5. The van der Waals surface area contributed by atoms with Crippen LogP contribution in [0.25, 0.3) is 10.8 Å². The minimum atomic E-state index is -0.215. The van der Waals surface area contributed by atoms with E-state index < -0.39 is 0 Å². The molecule has 4 rings (SSSR count). The molecule has 7 nitrogen and oxygen atoms in total. The van der Waals surface area contributed by atoms with Crippen LogP contribution in [0.5, 0.6) is 0 Å². The van der Waals surface area contributed by atoms with Crippen LogP contribution in [0.3, 0.4) is 0 Å². The van der Waals surface area contributed by atoms with Crippen LogP contribution in [-0.4, -0.2) is 39.6 Å². The molecule has 2 amide bonds. The van der Waals surface area contributed by atoms with E-state index >= 15 is 0 Å². The van der Waals surface area contributed by atoms with E-state index in [4.69, 9.17) is 0 Å². The van der Waals surface area contributed by atoms with Gasteiger partial charge in [0.25, 0.3) is 5.56 Å². The van der Waals surface area contributed by atoms with E-state index in [1.807, 2.05) is 11.0 Å². The molecule has 3 aromatic rings. The highest BCUT2D eigenvalue weighted by atomic mass is 32.1. The topological polar surface area (TPSA) is 84.3 Å². The molecule has 0 unspecified atom stereocenters. The van der Waals surface area contributed by atoms with Gasteiger partial charge in [0, 0.05) is 43.4 Å². The van der Waals surface area contributed by atoms with Gasteiger partial charge in [0.2, 0.25) is 11.8 Å². The third-order valence-electron chi connectivity index (χ3n) is 5.18. The minimum Gasteiger partial charge on any atom is -0.355 e. The molecule has 8 heteroatoms. The van der Waals surface area contributed by atoms with Crippen molar-refractivity contribution >= 4 is 33.9 Å². The Balaban J connectivity index is 1.33. The quantitative estimate of drug-likeness (QED) is 0.693. The van der Waals surface area contributed by atoms with Crippen LogP contribution in [0.2, 0.25) is 0 Å². The third-order valence-corrected chi connectivity index (χ3v) is 6.21. The summed E-state index contributed by atoms with van der Waals surface area (Å²) in [6.45, 7) is 1.67. The van der Waals surface area contributed by atoms with Crippen LogP contribution in [0.1, 0.15) is 22.6 Å². The Labute approximate surface area is 172 Å². The molecule has 0 spiro atoms. The predicted octanol–water partition coefficient (Wildman–Crippen LogP) is 1.63. The van der Waals surface area contributed by atoms with Gasteiger partial charge in [0.1, 0.15) is 0 Å². The van der Waals surface area contributed by atoms with Gasteiger partial charge >= 0.3 is 0 Å². The normalized spacial score (nSPS) is 13.3. The van der Waals surface area contributed by atoms with Crippen LogP contribution < -0.4 is 10.9 Å². The lowest BCUT2D eigenvalue weighted by Gasteiger charge is -2.27. The Bertz CT molecular complexity index is 1130. The van der Waals surface area contributed by atoms with Crippen molar-refractivity contribution in [2.24, 2.45) is 7.05 Å². The molecule has 0 saturated carbocycles. The van der Waals surface area contributed by atoms with Crippen molar-refractivity contribution in [3.8, 4) is 0 Å². The first-order valence-corrected chi connectivity index (χ1v) is 10.5. The van der Waals surface area contributed by atoms with Crippen molar-refractivity contribution in [3.63, 3.8) is 0 Å². The van der Waals surface area contributed by atoms with E-state index in [9.17, 15) is 14.4 Å². The standard InChI is InChI=1S/C21H22N4O3S/c1-24-21(28)16-5-3-2-4-15(16)17(23-24)12-19(26)22-9-6-20(27)25-10-7-18-14(13-25)8-11-29-18/h2-5,8,11H,6-7,9-10,12-13H2,1H3,(H,22,26). The SMILES string of the molecule is Cn1nc(CC(=O)NCCC(=O)N2CCc3sccc3C2)c2ccccc2c1=O. The fourth-order valence-electron chi connectivity index (χ4n) is 3.65. The fourth-order valence-corrected chi connectivity index (χ4v) is 4.54. The molecule has 0 aliphatic carbocycles. The van der Waals surface area contributed by atoms with Gasteiger partial charge in [-0.05, 0) is 29.5 Å². The molecule has 0 fully saturated rings. The molecular formula is C21H22N4O3S. The number of aryl methyl sites for hydroxylation is 1. The number of aromatic nitrogens is 2. The van der Waals surface area contributed by atoms with Gasteiger partial charge < -0.3 is 10.2 Å². The van der Waals surface area contributed by atoms with E-state index in [1.165, 1.54) is 15.1 Å². The maximum absolute atomic E-state index is 12.5. The zero-order valence-corrected chi connectivity index (χ0v) is 17.0. The summed E-state index contributed by atoms with van der Waals surface area (Å²) in [5.74, 6) is -0.166. The first-order chi connectivity index (χ1) is 14.0. The number of hydrogen-bond acceptors (Lipinski definition) is 5. The number of nitrogens with one attached hydrogen (secondary N) is 1. The second-order valence-electron chi connectivity index (χ2n) is 7.13. The van der Waals surface area contributed by atoms with Crippen molar-refractivity contribution in [2.45, 2.75) is 25.8 Å². The molecule has 0 radical (unpaired) electrons. The van der Waals surface area contributed by atoms with E-state index in [0.29, 0.717) is 23.0 Å². The summed E-state index contributed by atoms with van der Waals surface area (Å²) >= 11 is 1.74. The van der Waals surface area contributed by atoms with Crippen molar-refractivity contribution < 1.29 is 9.59 Å². The average molecular weight is 410 g/mol. The van der Waals surface area contributed by atoms with Crippen molar-refractivity contribution in [1.29, 1.82) is 0 Å². The van der Waals surface area contributed by atoms with Crippen LogP contribution >= 0.6 is 11.3 Å². The zero-order valence-electron chi connectivity index (χ0n) is 16.2. The van der Waals surface area contributed by atoms with Crippen LogP contribution in [0, 0.1) is 0 Å². The van der Waals surface area contributed by atoms with Gasteiger partial charge in [0.05, 0.1) is 17.5 Å². The number of nitrogens with zero attached hydrogens (tertiary/aromatic N) is 3. The van der Waals surface area contributed by atoms with Gasteiger partial charge in [-0.25, -0.2) is 4.68 Å².